The normalized spacial score (nSPS) is 16.4. The summed E-state index contributed by atoms with van der Waals surface area (Å²) in [5, 5.41) is 1.22. The van der Waals surface area contributed by atoms with Gasteiger partial charge in [0.1, 0.15) is 0 Å². The molecule has 1 radical (unpaired) electrons. The molecular weight excluding hydrogens is 803 g/mol. The second-order valence-corrected chi connectivity index (χ2v) is 13.1. The Balaban J connectivity index is 0.000000308. The molecule has 51 heavy (non-hydrogen) atoms. The average molecular weight is 863 g/mol. The van der Waals surface area contributed by atoms with E-state index in [0.717, 1.165) is 11.3 Å². The van der Waals surface area contributed by atoms with Crippen LogP contribution in [-0.2, 0) is 25.5 Å². The van der Waals surface area contributed by atoms with Crippen LogP contribution >= 0.6 is 0 Å². The number of aryl methyl sites for hydroxylation is 4. The fraction of sp³-hybridized carbons (Fsp3) is 0.283. The van der Waals surface area contributed by atoms with Gasteiger partial charge in [0, 0.05) is 61.4 Å². The van der Waals surface area contributed by atoms with E-state index in [1.165, 1.54) is 36.0 Å². The third kappa shape index (κ3) is 8.22. The first-order valence-electron chi connectivity index (χ1n) is 23.1. The Labute approximate surface area is 335 Å². The summed E-state index contributed by atoms with van der Waals surface area (Å²) in [7, 11) is 0. The minimum absolute atomic E-state index is 0. The second kappa shape index (κ2) is 15.8. The molecule has 7 rings (SSSR count). The second-order valence-electron chi connectivity index (χ2n) is 13.1. The molecule has 7 aromatic rings. The van der Waals surface area contributed by atoms with E-state index < -0.39 is 33.3 Å². The van der Waals surface area contributed by atoms with Gasteiger partial charge in [-0.1, -0.05) is 88.8 Å². The quantitative estimate of drug-likeness (QED) is 0.156. The van der Waals surface area contributed by atoms with Crippen LogP contribution in [0.25, 0.3) is 55.7 Å². The molecule has 3 aromatic carbocycles. The van der Waals surface area contributed by atoms with Crippen LogP contribution in [0, 0.1) is 39.5 Å². The van der Waals surface area contributed by atoms with Gasteiger partial charge in [-0.2, -0.15) is 0 Å². The number of aromatic nitrogens is 3. The molecule has 0 unspecified atom stereocenters. The van der Waals surface area contributed by atoms with Crippen molar-refractivity contribution in [1.29, 1.82) is 0 Å². The van der Waals surface area contributed by atoms with E-state index in [9.17, 15) is 0 Å². The fourth-order valence-corrected chi connectivity index (χ4v) is 5.87. The molecule has 0 aliphatic rings. The van der Waals surface area contributed by atoms with Gasteiger partial charge in [-0.3, -0.25) is 0 Å². The summed E-state index contributed by atoms with van der Waals surface area (Å²) < 4.78 is 109. The zero-order valence-corrected chi connectivity index (χ0v) is 31.6. The number of benzene rings is 3. The smallest absolute Gasteiger partial charge is 0.216 e. The topological polar surface area (TPSA) is 51.8 Å². The first-order chi connectivity index (χ1) is 29.2. The summed E-state index contributed by atoms with van der Waals surface area (Å²) in [5.41, 5.74) is 4.85. The Kier molecular flexibility index (Phi) is 7.43. The molecule has 0 spiro atoms. The van der Waals surface area contributed by atoms with Crippen LogP contribution in [0.15, 0.2) is 95.7 Å². The van der Waals surface area contributed by atoms with Crippen molar-refractivity contribution >= 4 is 22.1 Å². The summed E-state index contributed by atoms with van der Waals surface area (Å²) in [6.45, 7) is 0.448. The standard InChI is InChI=1S/C30H29N2O.C16H18N.Ir/c1-6-21(7-2)22-12-14-23(18(3)15-22)27-16-28(31-17-19(27)4)26-10-8-9-24-25-13-11-20(5)32-30(25)33-29(24)26;1-12-5-7-13(8-6-12)15-10-9-14(11-17-15)16(2,3)4;/h8-9,11-17,21H,6-7H2,1-5H3;5-7,9-11H,1-4H3;/q2*-1;/i3D3,4D3,5D3,21D;1D3;. The van der Waals surface area contributed by atoms with E-state index >= 15 is 0 Å². The molecule has 0 N–H and O–H groups in total. The van der Waals surface area contributed by atoms with Crippen LogP contribution < -0.4 is 0 Å². The molecule has 0 aliphatic carbocycles. The summed E-state index contributed by atoms with van der Waals surface area (Å²) >= 11 is 0. The molecule has 4 aromatic heterocycles. The summed E-state index contributed by atoms with van der Waals surface area (Å²) in [5.74, 6) is -0.992. The maximum absolute atomic E-state index is 8.86. The first kappa shape index (κ1) is 23.9. The molecule has 0 amide bonds. The summed E-state index contributed by atoms with van der Waals surface area (Å²) in [6.07, 6.45) is 4.02. The van der Waals surface area contributed by atoms with E-state index in [1.807, 2.05) is 32.2 Å². The van der Waals surface area contributed by atoms with Crippen molar-refractivity contribution in [2.24, 2.45) is 0 Å². The molecule has 0 saturated carbocycles. The number of nitrogens with zero attached hydrogens (tertiary/aromatic N) is 3. The monoisotopic (exact) mass is 863 g/mol. The van der Waals surface area contributed by atoms with Crippen molar-refractivity contribution in [2.75, 3.05) is 0 Å². The van der Waals surface area contributed by atoms with Gasteiger partial charge in [-0.15, -0.1) is 53.6 Å². The third-order valence-electron chi connectivity index (χ3n) is 8.75. The number of hydrogen-bond donors (Lipinski definition) is 0. The fourth-order valence-electron chi connectivity index (χ4n) is 5.87. The van der Waals surface area contributed by atoms with Crippen molar-refractivity contribution < 1.29 is 42.3 Å². The molecule has 263 valence electrons. The Morgan fingerprint density at radius 3 is 2.27 bits per heavy atom. The van der Waals surface area contributed by atoms with Crippen molar-refractivity contribution in [3.8, 4) is 33.6 Å². The van der Waals surface area contributed by atoms with Gasteiger partial charge >= 0.3 is 0 Å². The largest absolute Gasteiger partial charge is 0.486 e. The average Bonchev–Trinajstić information content (AvgIpc) is 3.60. The Morgan fingerprint density at radius 2 is 1.61 bits per heavy atom. The van der Waals surface area contributed by atoms with Crippen LogP contribution in [0.3, 0.4) is 0 Å². The van der Waals surface area contributed by atoms with Crippen LogP contribution in [0.5, 0.6) is 0 Å². The minimum Gasteiger partial charge on any atom is -0.486 e. The number of pyridine rings is 3. The zero-order valence-electron chi connectivity index (χ0n) is 42.2. The van der Waals surface area contributed by atoms with Crippen molar-refractivity contribution in [3.05, 3.63) is 137 Å². The van der Waals surface area contributed by atoms with Gasteiger partial charge in [0.2, 0.25) is 5.71 Å². The Hall–Kier alpha value is -4.44. The van der Waals surface area contributed by atoms with Crippen LogP contribution in [0.2, 0.25) is 0 Å². The van der Waals surface area contributed by atoms with Gasteiger partial charge in [0.05, 0.1) is 5.58 Å². The molecule has 0 bridgehead atoms. The molecule has 0 saturated heterocycles. The number of furan rings is 1. The van der Waals surface area contributed by atoms with Crippen molar-refractivity contribution in [3.63, 3.8) is 0 Å². The SMILES string of the molecule is [2H]C([2H])([2H])c1c[c-]c(-c2ccc(C(C)(C)C)cn2)cc1.[2H]C([2H])([2H])c1ccc2c(n1)oc1c(-c3cc(-c4ccc(C([2H])(CC)CC)cc4C([2H])([2H])[2H])c(C([2H])([2H])[2H])cn3)[c-]ccc12.[Ir]. The Morgan fingerprint density at radius 1 is 0.784 bits per heavy atom. The summed E-state index contributed by atoms with van der Waals surface area (Å²) in [4.78, 5) is 13.1. The van der Waals surface area contributed by atoms with Crippen molar-refractivity contribution in [1.82, 2.24) is 15.0 Å². The van der Waals surface area contributed by atoms with E-state index in [1.54, 1.807) is 42.5 Å². The molecular formula is C46H47IrN3O-2. The predicted octanol–water partition coefficient (Wildman–Crippen LogP) is 12.5. The maximum atomic E-state index is 8.86. The van der Waals surface area contributed by atoms with Crippen LogP contribution in [0.4, 0.5) is 0 Å². The van der Waals surface area contributed by atoms with E-state index in [4.69, 9.17) is 22.2 Å². The van der Waals surface area contributed by atoms with Gasteiger partial charge in [0.25, 0.3) is 0 Å². The van der Waals surface area contributed by atoms with Gasteiger partial charge in [-0.25, -0.2) is 4.98 Å². The zero-order chi connectivity index (χ0) is 46.5. The molecule has 4 heterocycles. The number of rotatable bonds is 6. The van der Waals surface area contributed by atoms with E-state index in [2.05, 4.69) is 47.9 Å². The maximum Gasteiger partial charge on any atom is 0.216 e. The number of hydrogen-bond acceptors (Lipinski definition) is 4. The molecule has 5 heteroatoms. The van der Waals surface area contributed by atoms with Gasteiger partial charge in [-0.05, 0) is 102 Å². The van der Waals surface area contributed by atoms with Gasteiger partial charge < -0.3 is 14.4 Å². The Bertz CT molecular complexity index is 2690. The van der Waals surface area contributed by atoms with Crippen LogP contribution in [-0.4, -0.2) is 15.0 Å². The predicted molar refractivity (Wildman–Crippen MR) is 208 cm³/mol. The summed E-state index contributed by atoms with van der Waals surface area (Å²) in [6, 6.07) is 27.7. The molecule has 4 nitrogen and oxygen atoms in total. The third-order valence-corrected chi connectivity index (χ3v) is 8.75. The van der Waals surface area contributed by atoms with E-state index in [0.29, 0.717) is 45.9 Å². The number of fused-ring (bicyclic) bond motifs is 3. The first-order valence-corrected chi connectivity index (χ1v) is 16.6. The van der Waals surface area contributed by atoms with Crippen molar-refractivity contribution in [2.45, 2.75) is 86.2 Å². The molecule has 0 atom stereocenters. The molecule has 0 aliphatic heterocycles. The molecule has 0 fully saturated rings. The minimum atomic E-state index is -2.61. The van der Waals surface area contributed by atoms with E-state index in [-0.39, 0.29) is 64.9 Å². The van der Waals surface area contributed by atoms with Gasteiger partial charge in [0.15, 0.2) is 0 Å². The van der Waals surface area contributed by atoms with Crippen LogP contribution in [0.1, 0.15) is 105 Å².